The molecule has 0 fully saturated rings. The molecule has 0 saturated carbocycles. The third-order valence-electron chi connectivity index (χ3n) is 2.90. The van der Waals surface area contributed by atoms with E-state index >= 15 is 0 Å². The first-order valence-corrected chi connectivity index (χ1v) is 7.35. The van der Waals surface area contributed by atoms with E-state index in [1.54, 1.807) is 18.2 Å². The van der Waals surface area contributed by atoms with Gasteiger partial charge < -0.3 is 10.1 Å². The van der Waals surface area contributed by atoms with Crippen LogP contribution in [0.5, 0.6) is 11.5 Å². The zero-order valence-corrected chi connectivity index (χ0v) is 13.0. The summed E-state index contributed by atoms with van der Waals surface area (Å²) in [5, 5.41) is 3.87. The molecule has 4 heteroatoms. The Kier molecular flexibility index (Phi) is 5.59. The molecule has 0 radical (unpaired) electrons. The van der Waals surface area contributed by atoms with Crippen LogP contribution in [0.3, 0.4) is 0 Å². The minimum atomic E-state index is -0.335. The first kappa shape index (κ1) is 15.8. The molecule has 2 nitrogen and oxygen atoms in total. The fraction of sp³-hybridized carbons (Fsp3) is 0.294. The smallest absolute Gasteiger partial charge is 0.146 e. The van der Waals surface area contributed by atoms with Gasteiger partial charge in [-0.3, -0.25) is 0 Å². The van der Waals surface area contributed by atoms with Crippen LogP contribution in [0.1, 0.15) is 19.4 Å². The summed E-state index contributed by atoms with van der Waals surface area (Å²) in [5.41, 5.74) is 1.09. The van der Waals surface area contributed by atoms with Crippen molar-refractivity contribution in [1.82, 2.24) is 5.32 Å². The van der Waals surface area contributed by atoms with Crippen LogP contribution in [-0.2, 0) is 6.54 Å². The number of hydrogen-bond donors (Lipinski definition) is 1. The molecule has 0 unspecified atom stereocenters. The molecule has 0 saturated heterocycles. The predicted molar refractivity (Wildman–Crippen MR) is 84.5 cm³/mol. The second kappa shape index (κ2) is 7.43. The van der Waals surface area contributed by atoms with Gasteiger partial charge in [0, 0.05) is 12.6 Å². The number of hydrogen-bond acceptors (Lipinski definition) is 2. The normalized spacial score (nSPS) is 10.9. The summed E-state index contributed by atoms with van der Waals surface area (Å²) >= 11 is 6.21. The van der Waals surface area contributed by atoms with Gasteiger partial charge in [0.05, 0.1) is 5.02 Å². The van der Waals surface area contributed by atoms with E-state index in [0.717, 1.165) is 18.7 Å². The van der Waals surface area contributed by atoms with Crippen LogP contribution in [0.4, 0.5) is 4.39 Å². The van der Waals surface area contributed by atoms with Crippen LogP contribution in [-0.4, -0.2) is 6.54 Å². The third kappa shape index (κ3) is 5.03. The van der Waals surface area contributed by atoms with Crippen LogP contribution < -0.4 is 10.1 Å². The lowest BCUT2D eigenvalue weighted by molar-refractivity contribution is 0.476. The standard InChI is InChI=1S/C17H19ClFNO/c1-12(2)10-20-11-13-6-7-17(16(18)8-13)21-15-5-3-4-14(19)9-15/h3-9,12,20H,10-11H2,1-2H3. The van der Waals surface area contributed by atoms with E-state index in [1.165, 1.54) is 12.1 Å². The zero-order valence-electron chi connectivity index (χ0n) is 12.2. The van der Waals surface area contributed by atoms with Gasteiger partial charge in [-0.15, -0.1) is 0 Å². The molecule has 0 bridgehead atoms. The van der Waals surface area contributed by atoms with Gasteiger partial charge in [0.25, 0.3) is 0 Å². The summed E-state index contributed by atoms with van der Waals surface area (Å²) in [6.07, 6.45) is 0. The predicted octanol–water partition coefficient (Wildman–Crippen LogP) is 5.02. The Labute approximate surface area is 129 Å². The maximum Gasteiger partial charge on any atom is 0.146 e. The molecule has 0 aromatic heterocycles. The number of rotatable bonds is 6. The Bertz CT molecular complexity index is 601. The van der Waals surface area contributed by atoms with Crippen molar-refractivity contribution in [3.8, 4) is 11.5 Å². The van der Waals surface area contributed by atoms with Gasteiger partial charge in [-0.25, -0.2) is 4.39 Å². The Morgan fingerprint density at radius 2 is 2.00 bits per heavy atom. The van der Waals surface area contributed by atoms with Crippen molar-refractivity contribution in [2.45, 2.75) is 20.4 Å². The lowest BCUT2D eigenvalue weighted by atomic mass is 10.2. The van der Waals surface area contributed by atoms with E-state index in [9.17, 15) is 4.39 Å². The first-order chi connectivity index (χ1) is 10.0. The number of halogens is 2. The maximum atomic E-state index is 13.1. The van der Waals surface area contributed by atoms with Gasteiger partial charge in [0.2, 0.25) is 0 Å². The number of ether oxygens (including phenoxy) is 1. The lowest BCUT2D eigenvalue weighted by Gasteiger charge is -2.11. The molecule has 0 atom stereocenters. The quantitative estimate of drug-likeness (QED) is 0.809. The molecule has 112 valence electrons. The Hall–Kier alpha value is -1.58. The summed E-state index contributed by atoms with van der Waals surface area (Å²) in [4.78, 5) is 0. The molecular weight excluding hydrogens is 289 g/mol. The highest BCUT2D eigenvalue weighted by atomic mass is 35.5. The minimum Gasteiger partial charge on any atom is -0.456 e. The van der Waals surface area contributed by atoms with Gasteiger partial charge in [0.1, 0.15) is 17.3 Å². The van der Waals surface area contributed by atoms with Gasteiger partial charge in [-0.2, -0.15) is 0 Å². The summed E-state index contributed by atoms with van der Waals surface area (Å²) in [6, 6.07) is 11.6. The van der Waals surface area contributed by atoms with Crippen molar-refractivity contribution in [3.63, 3.8) is 0 Å². The highest BCUT2D eigenvalue weighted by molar-refractivity contribution is 6.32. The highest BCUT2D eigenvalue weighted by Crippen LogP contribution is 2.30. The second-order valence-electron chi connectivity index (χ2n) is 5.35. The van der Waals surface area contributed by atoms with E-state index in [4.69, 9.17) is 16.3 Å². The zero-order chi connectivity index (χ0) is 15.2. The van der Waals surface area contributed by atoms with Crippen molar-refractivity contribution in [1.29, 1.82) is 0 Å². The van der Waals surface area contributed by atoms with Crippen LogP contribution in [0.2, 0.25) is 5.02 Å². The second-order valence-corrected chi connectivity index (χ2v) is 5.76. The van der Waals surface area contributed by atoms with Crippen molar-refractivity contribution in [2.75, 3.05) is 6.54 Å². The molecule has 2 aromatic rings. The molecule has 0 amide bonds. The van der Waals surface area contributed by atoms with Gasteiger partial charge in [-0.05, 0) is 42.3 Å². The lowest BCUT2D eigenvalue weighted by Crippen LogP contribution is -2.18. The maximum absolute atomic E-state index is 13.1. The van der Waals surface area contributed by atoms with E-state index in [1.807, 2.05) is 12.1 Å². The van der Waals surface area contributed by atoms with Crippen molar-refractivity contribution >= 4 is 11.6 Å². The number of nitrogens with one attached hydrogen (secondary N) is 1. The molecule has 2 rings (SSSR count). The summed E-state index contributed by atoms with van der Waals surface area (Å²) in [5.74, 6) is 1.23. The monoisotopic (exact) mass is 307 g/mol. The summed E-state index contributed by atoms with van der Waals surface area (Å²) in [6.45, 7) is 6.04. The number of benzene rings is 2. The van der Waals surface area contributed by atoms with Gasteiger partial charge in [-0.1, -0.05) is 37.6 Å². The van der Waals surface area contributed by atoms with Crippen molar-refractivity contribution in [2.24, 2.45) is 5.92 Å². The van der Waals surface area contributed by atoms with Crippen LogP contribution >= 0.6 is 11.6 Å². The molecule has 0 spiro atoms. The van der Waals surface area contributed by atoms with Gasteiger partial charge >= 0.3 is 0 Å². The molecule has 0 aliphatic carbocycles. The average molecular weight is 308 g/mol. The van der Waals surface area contributed by atoms with Crippen LogP contribution in [0, 0.1) is 11.7 Å². The Balaban J connectivity index is 2.02. The van der Waals surface area contributed by atoms with E-state index in [0.29, 0.717) is 22.4 Å². The fourth-order valence-electron chi connectivity index (χ4n) is 1.90. The largest absolute Gasteiger partial charge is 0.456 e. The highest BCUT2D eigenvalue weighted by Gasteiger charge is 2.05. The molecule has 1 N–H and O–H groups in total. The first-order valence-electron chi connectivity index (χ1n) is 6.97. The summed E-state index contributed by atoms with van der Waals surface area (Å²) in [7, 11) is 0. The molecule has 2 aromatic carbocycles. The fourth-order valence-corrected chi connectivity index (χ4v) is 2.14. The molecule has 0 aliphatic heterocycles. The summed E-state index contributed by atoms with van der Waals surface area (Å²) < 4.78 is 18.7. The van der Waals surface area contributed by atoms with E-state index < -0.39 is 0 Å². The topological polar surface area (TPSA) is 21.3 Å². The van der Waals surface area contributed by atoms with Crippen molar-refractivity contribution < 1.29 is 9.13 Å². The average Bonchev–Trinajstić information content (AvgIpc) is 2.41. The Morgan fingerprint density at radius 3 is 2.67 bits per heavy atom. The molecular formula is C17H19ClFNO. The van der Waals surface area contributed by atoms with Crippen LogP contribution in [0.15, 0.2) is 42.5 Å². The van der Waals surface area contributed by atoms with Gasteiger partial charge in [0.15, 0.2) is 0 Å². The molecule has 0 aliphatic rings. The SMILES string of the molecule is CC(C)CNCc1ccc(Oc2cccc(F)c2)c(Cl)c1. The Morgan fingerprint density at radius 1 is 1.19 bits per heavy atom. The minimum absolute atomic E-state index is 0.335. The molecule has 0 heterocycles. The molecule has 21 heavy (non-hydrogen) atoms. The third-order valence-corrected chi connectivity index (χ3v) is 3.20. The van der Waals surface area contributed by atoms with Crippen LogP contribution in [0.25, 0.3) is 0 Å². The van der Waals surface area contributed by atoms with E-state index in [-0.39, 0.29) is 5.82 Å². The van der Waals surface area contributed by atoms with Crippen molar-refractivity contribution in [3.05, 3.63) is 58.9 Å². The van der Waals surface area contributed by atoms with E-state index in [2.05, 4.69) is 19.2 Å².